The Morgan fingerprint density at radius 1 is 1.28 bits per heavy atom. The van der Waals surface area contributed by atoms with Gasteiger partial charge >= 0.3 is 0 Å². The highest BCUT2D eigenvalue weighted by Gasteiger charge is 2.63. The number of ether oxygens (including phenoxy) is 1. The molecule has 0 saturated carbocycles. The molecule has 1 aromatic heterocycles. The summed E-state index contributed by atoms with van der Waals surface area (Å²) in [5.74, 6) is -0.765. The molecule has 1 aromatic rings. The van der Waals surface area contributed by atoms with Crippen molar-refractivity contribution in [1.82, 2.24) is 4.98 Å². The van der Waals surface area contributed by atoms with Gasteiger partial charge in [-0.05, 0) is 19.8 Å². The maximum Gasteiger partial charge on any atom is 0.242 e. The van der Waals surface area contributed by atoms with Crippen LogP contribution in [0.2, 0.25) is 0 Å². The predicted octanol–water partition coefficient (Wildman–Crippen LogP) is 1.12. The third-order valence-electron chi connectivity index (χ3n) is 4.08. The third-order valence-corrected chi connectivity index (χ3v) is 5.03. The van der Waals surface area contributed by atoms with Gasteiger partial charge in [0.1, 0.15) is 0 Å². The SMILES string of the molecule is Cc1csc(N2C(=O)[C@@H]3[C@@H](C2=O)[C@H]2CC[C@H]3O2)n1. The van der Waals surface area contributed by atoms with Gasteiger partial charge in [0.2, 0.25) is 11.8 Å². The number of amides is 2. The van der Waals surface area contributed by atoms with Crippen LogP contribution in [0.25, 0.3) is 0 Å². The zero-order valence-electron chi connectivity index (χ0n) is 9.83. The highest BCUT2D eigenvalue weighted by atomic mass is 32.1. The van der Waals surface area contributed by atoms with Gasteiger partial charge in [0.05, 0.1) is 29.7 Å². The van der Waals surface area contributed by atoms with Crippen LogP contribution in [0.5, 0.6) is 0 Å². The Morgan fingerprint density at radius 3 is 2.39 bits per heavy atom. The van der Waals surface area contributed by atoms with Crippen molar-refractivity contribution in [2.24, 2.45) is 11.8 Å². The summed E-state index contributed by atoms with van der Waals surface area (Å²) in [5.41, 5.74) is 0.840. The fraction of sp³-hybridized carbons (Fsp3) is 0.583. The number of nitrogens with zero attached hydrogens (tertiary/aromatic N) is 2. The lowest BCUT2D eigenvalue weighted by molar-refractivity contribution is -0.124. The van der Waals surface area contributed by atoms with Gasteiger partial charge in [0.25, 0.3) is 0 Å². The van der Waals surface area contributed by atoms with Gasteiger partial charge in [0, 0.05) is 5.38 Å². The summed E-state index contributed by atoms with van der Waals surface area (Å²) in [5, 5.41) is 2.37. The van der Waals surface area contributed by atoms with Crippen LogP contribution < -0.4 is 4.90 Å². The van der Waals surface area contributed by atoms with Crippen molar-refractivity contribution >= 4 is 28.3 Å². The molecule has 5 nitrogen and oxygen atoms in total. The quantitative estimate of drug-likeness (QED) is 0.713. The fourth-order valence-electron chi connectivity index (χ4n) is 3.34. The molecular weight excluding hydrogens is 252 g/mol. The second kappa shape index (κ2) is 3.39. The van der Waals surface area contributed by atoms with Crippen molar-refractivity contribution in [2.75, 3.05) is 4.90 Å². The molecule has 2 amide bonds. The summed E-state index contributed by atoms with van der Waals surface area (Å²) in [6.45, 7) is 1.86. The summed E-state index contributed by atoms with van der Waals surface area (Å²) in [4.78, 5) is 30.3. The zero-order valence-corrected chi connectivity index (χ0v) is 10.6. The van der Waals surface area contributed by atoms with E-state index in [1.807, 2.05) is 12.3 Å². The normalized spacial score (nSPS) is 37.7. The molecule has 0 radical (unpaired) electrons. The van der Waals surface area contributed by atoms with E-state index in [0.717, 1.165) is 18.5 Å². The Balaban J connectivity index is 1.75. The van der Waals surface area contributed by atoms with Crippen molar-refractivity contribution < 1.29 is 14.3 Å². The van der Waals surface area contributed by atoms with E-state index in [1.165, 1.54) is 16.2 Å². The first-order valence-electron chi connectivity index (χ1n) is 6.12. The molecule has 0 N–H and O–H groups in total. The van der Waals surface area contributed by atoms with Gasteiger partial charge in [-0.3, -0.25) is 9.59 Å². The molecule has 3 saturated heterocycles. The van der Waals surface area contributed by atoms with Crippen LogP contribution >= 0.6 is 11.3 Å². The van der Waals surface area contributed by atoms with Gasteiger partial charge in [-0.2, -0.15) is 0 Å². The molecule has 4 heterocycles. The maximum absolute atomic E-state index is 12.4. The molecule has 3 aliphatic heterocycles. The standard InChI is InChI=1S/C12H12N2O3S/c1-5-4-18-12(13-5)14-10(15)8-6-2-3-7(17-6)9(8)11(14)16/h4,6-9H,2-3H2,1H3/t6-,7-,8+,9+/m1/s1. The average Bonchev–Trinajstić information content (AvgIpc) is 3.05. The van der Waals surface area contributed by atoms with Gasteiger partial charge < -0.3 is 4.74 Å². The van der Waals surface area contributed by atoms with E-state index in [4.69, 9.17) is 4.74 Å². The molecule has 3 aliphatic rings. The number of hydrogen-bond donors (Lipinski definition) is 0. The monoisotopic (exact) mass is 264 g/mol. The summed E-state index contributed by atoms with van der Waals surface area (Å²) >= 11 is 1.35. The Kier molecular flexibility index (Phi) is 2.00. The van der Waals surface area contributed by atoms with Crippen LogP contribution in [0.1, 0.15) is 18.5 Å². The lowest BCUT2D eigenvalue weighted by atomic mass is 9.81. The molecule has 94 valence electrons. The largest absolute Gasteiger partial charge is 0.373 e. The van der Waals surface area contributed by atoms with Crippen LogP contribution in [0.15, 0.2) is 5.38 Å². The number of aromatic nitrogens is 1. The average molecular weight is 264 g/mol. The van der Waals surface area contributed by atoms with Crippen molar-refractivity contribution in [3.8, 4) is 0 Å². The number of carbonyl (C=O) groups excluding carboxylic acids is 2. The smallest absolute Gasteiger partial charge is 0.242 e. The van der Waals surface area contributed by atoms with E-state index in [9.17, 15) is 9.59 Å². The van der Waals surface area contributed by atoms with Gasteiger partial charge in [-0.25, -0.2) is 9.88 Å². The molecule has 0 aromatic carbocycles. The second-order valence-corrected chi connectivity index (χ2v) is 5.96. The van der Waals surface area contributed by atoms with Gasteiger partial charge in [0.15, 0.2) is 5.13 Å². The first-order valence-corrected chi connectivity index (χ1v) is 7.00. The number of carbonyl (C=O) groups is 2. The molecule has 0 spiro atoms. The van der Waals surface area contributed by atoms with E-state index in [-0.39, 0.29) is 35.9 Å². The van der Waals surface area contributed by atoms with E-state index in [2.05, 4.69) is 4.98 Å². The summed E-state index contributed by atoms with van der Waals surface area (Å²) in [6, 6.07) is 0. The fourth-order valence-corrected chi connectivity index (χ4v) is 4.16. The minimum Gasteiger partial charge on any atom is -0.373 e. The molecular formula is C12H12N2O3S. The molecule has 3 fully saturated rings. The third kappa shape index (κ3) is 1.17. The number of fused-ring (bicyclic) bond motifs is 5. The molecule has 4 rings (SSSR count). The number of hydrogen-bond acceptors (Lipinski definition) is 5. The maximum atomic E-state index is 12.4. The van der Waals surface area contributed by atoms with E-state index < -0.39 is 0 Å². The minimum absolute atomic E-state index is 0.0532. The zero-order chi connectivity index (χ0) is 12.4. The van der Waals surface area contributed by atoms with E-state index in [0.29, 0.717) is 5.13 Å². The van der Waals surface area contributed by atoms with Crippen molar-refractivity contribution in [3.05, 3.63) is 11.1 Å². The van der Waals surface area contributed by atoms with Crippen molar-refractivity contribution in [2.45, 2.75) is 32.0 Å². The van der Waals surface area contributed by atoms with Crippen LogP contribution in [-0.4, -0.2) is 29.0 Å². The van der Waals surface area contributed by atoms with Crippen LogP contribution in [0, 0.1) is 18.8 Å². The summed E-state index contributed by atoms with van der Waals surface area (Å²) in [6.07, 6.45) is 1.69. The van der Waals surface area contributed by atoms with Crippen LogP contribution in [0.3, 0.4) is 0 Å². The lowest BCUT2D eigenvalue weighted by Gasteiger charge is -2.14. The Bertz CT molecular complexity index is 527. The second-order valence-electron chi connectivity index (χ2n) is 5.13. The van der Waals surface area contributed by atoms with Gasteiger partial charge in [-0.1, -0.05) is 0 Å². The highest BCUT2D eigenvalue weighted by Crippen LogP contribution is 2.49. The first kappa shape index (κ1) is 10.6. The topological polar surface area (TPSA) is 59.5 Å². The number of rotatable bonds is 1. The molecule has 2 bridgehead atoms. The Hall–Kier alpha value is -1.27. The van der Waals surface area contributed by atoms with Crippen molar-refractivity contribution in [3.63, 3.8) is 0 Å². The molecule has 0 unspecified atom stereocenters. The molecule has 6 heteroatoms. The number of imide groups is 1. The van der Waals surface area contributed by atoms with E-state index in [1.54, 1.807) is 0 Å². The highest BCUT2D eigenvalue weighted by molar-refractivity contribution is 7.14. The molecule has 0 aliphatic carbocycles. The minimum atomic E-state index is -0.263. The predicted molar refractivity (Wildman–Crippen MR) is 64.2 cm³/mol. The van der Waals surface area contributed by atoms with Crippen LogP contribution in [0.4, 0.5) is 5.13 Å². The van der Waals surface area contributed by atoms with Crippen molar-refractivity contribution in [1.29, 1.82) is 0 Å². The summed E-state index contributed by atoms with van der Waals surface area (Å²) in [7, 11) is 0. The molecule has 4 atom stereocenters. The van der Waals surface area contributed by atoms with Gasteiger partial charge in [-0.15, -0.1) is 11.3 Å². The number of anilines is 1. The van der Waals surface area contributed by atoms with Crippen LogP contribution in [-0.2, 0) is 14.3 Å². The number of thiazole rings is 1. The lowest BCUT2D eigenvalue weighted by Crippen LogP contribution is -2.34. The Labute approximate surface area is 108 Å². The Morgan fingerprint density at radius 2 is 1.89 bits per heavy atom. The number of aryl methyl sites for hydroxylation is 1. The van der Waals surface area contributed by atoms with E-state index >= 15 is 0 Å². The first-order chi connectivity index (χ1) is 8.66. The molecule has 18 heavy (non-hydrogen) atoms. The summed E-state index contributed by atoms with van der Waals surface area (Å²) < 4.78 is 5.68.